The van der Waals surface area contributed by atoms with E-state index in [4.69, 9.17) is 0 Å². The van der Waals surface area contributed by atoms with Crippen molar-refractivity contribution in [3.8, 4) is 0 Å². The van der Waals surface area contributed by atoms with Gasteiger partial charge in [-0.3, -0.25) is 0 Å². The van der Waals surface area contributed by atoms with E-state index in [2.05, 4.69) is 13.8 Å². The van der Waals surface area contributed by atoms with Crippen LogP contribution in [-0.4, -0.2) is 23.0 Å². The molecule has 0 aromatic carbocycles. The summed E-state index contributed by atoms with van der Waals surface area (Å²) in [5.74, 6) is 7.39. The Bertz CT molecular complexity index is 92.0. The Balaban J connectivity index is 0.000000206. The minimum absolute atomic E-state index is 0. The van der Waals surface area contributed by atoms with E-state index in [9.17, 15) is 0 Å². The molecule has 0 spiro atoms. The summed E-state index contributed by atoms with van der Waals surface area (Å²) in [5, 5.41) is 0. The van der Waals surface area contributed by atoms with E-state index < -0.39 is 0 Å². The molecule has 2 saturated heterocycles. The molecule has 2 heterocycles. The fourth-order valence-corrected chi connectivity index (χ4v) is 2.71. The molecule has 13 heavy (non-hydrogen) atoms. The molecule has 0 atom stereocenters. The molecule has 2 aliphatic heterocycles. The molecule has 0 aromatic rings. The van der Waals surface area contributed by atoms with Crippen LogP contribution in [0.25, 0.3) is 0 Å². The first kappa shape index (κ1) is 14.8. The van der Waals surface area contributed by atoms with Gasteiger partial charge in [-0.2, -0.15) is 36.4 Å². The molecule has 0 saturated carbocycles. The number of hydrogen-bond acceptors (Lipinski definition) is 2. The minimum Gasteiger partial charge on any atom is -0.343 e. The first-order valence-corrected chi connectivity index (χ1v) is 6.91. The molecule has 0 unspecified atom stereocenters. The molecule has 0 bridgehead atoms. The first-order chi connectivity index (χ1) is 5.86. The predicted molar refractivity (Wildman–Crippen MR) is 61.6 cm³/mol. The third-order valence-electron chi connectivity index (χ3n) is 2.23. The Morgan fingerprint density at radius 2 is 1.15 bits per heavy atom. The molecule has 0 nitrogen and oxygen atoms in total. The van der Waals surface area contributed by atoms with Crippen LogP contribution in [0.3, 0.4) is 0 Å². The maximum atomic E-state index is 3.79. The van der Waals surface area contributed by atoms with Crippen molar-refractivity contribution in [2.24, 2.45) is 11.8 Å². The van der Waals surface area contributed by atoms with Crippen molar-refractivity contribution < 1.29 is 32.7 Å². The molecule has 0 aliphatic carbocycles. The van der Waals surface area contributed by atoms with Gasteiger partial charge in [0.25, 0.3) is 0 Å². The van der Waals surface area contributed by atoms with Crippen molar-refractivity contribution in [3.63, 3.8) is 0 Å². The standard InChI is InChI=1S/2C5H9S.Y/c2*1-2-5-3-6-4-5;/h2*5H,1-4H2;/q2*-1;. The van der Waals surface area contributed by atoms with E-state index in [-0.39, 0.29) is 32.7 Å². The second-order valence-electron chi connectivity index (χ2n) is 3.38. The maximum absolute atomic E-state index is 3.79. The van der Waals surface area contributed by atoms with E-state index in [0.717, 1.165) is 24.7 Å². The second kappa shape index (κ2) is 9.06. The zero-order chi connectivity index (χ0) is 8.81. The fraction of sp³-hybridized carbons (Fsp3) is 0.800. The number of hydrogen-bond donors (Lipinski definition) is 0. The van der Waals surface area contributed by atoms with Gasteiger partial charge >= 0.3 is 0 Å². The summed E-state index contributed by atoms with van der Waals surface area (Å²) in [6.07, 6.45) is 2.29. The van der Waals surface area contributed by atoms with Gasteiger partial charge in [0.15, 0.2) is 0 Å². The zero-order valence-electron chi connectivity index (χ0n) is 8.21. The summed E-state index contributed by atoms with van der Waals surface area (Å²) in [6.45, 7) is 7.59. The van der Waals surface area contributed by atoms with Crippen molar-refractivity contribution in [3.05, 3.63) is 13.8 Å². The molecule has 1 radical (unpaired) electrons. The normalized spacial score (nSPS) is 21.7. The molecule has 2 aliphatic rings. The van der Waals surface area contributed by atoms with Crippen molar-refractivity contribution in [2.45, 2.75) is 12.8 Å². The number of rotatable bonds is 2. The van der Waals surface area contributed by atoms with Gasteiger partial charge in [0, 0.05) is 32.7 Å². The Hall–Kier alpha value is 1.80. The Kier molecular flexibility index (Phi) is 10.3. The van der Waals surface area contributed by atoms with Gasteiger partial charge in [0.2, 0.25) is 0 Å². The summed E-state index contributed by atoms with van der Waals surface area (Å²) in [4.78, 5) is 0. The van der Waals surface area contributed by atoms with Crippen LogP contribution in [-0.2, 0) is 32.7 Å². The predicted octanol–water partition coefficient (Wildman–Crippen LogP) is 3.14. The van der Waals surface area contributed by atoms with E-state index in [1.165, 1.54) is 23.0 Å². The maximum Gasteiger partial charge on any atom is 0 e. The Morgan fingerprint density at radius 1 is 0.846 bits per heavy atom. The van der Waals surface area contributed by atoms with Crippen LogP contribution >= 0.6 is 23.5 Å². The summed E-state index contributed by atoms with van der Waals surface area (Å²) in [7, 11) is 0. The van der Waals surface area contributed by atoms with Gasteiger partial charge in [0.05, 0.1) is 0 Å². The molecule has 75 valence electrons. The van der Waals surface area contributed by atoms with E-state index >= 15 is 0 Å². The van der Waals surface area contributed by atoms with Crippen LogP contribution in [0, 0.1) is 25.7 Å². The molecule has 2 fully saturated rings. The molecular formula is C10H18S2Y-2. The smallest absolute Gasteiger partial charge is 0 e. The van der Waals surface area contributed by atoms with Gasteiger partial charge in [-0.25, -0.2) is 0 Å². The second-order valence-corrected chi connectivity index (χ2v) is 5.53. The van der Waals surface area contributed by atoms with Gasteiger partial charge < -0.3 is 13.8 Å². The third-order valence-corrected chi connectivity index (χ3v) is 5.06. The third kappa shape index (κ3) is 6.07. The monoisotopic (exact) mass is 291 g/mol. The molecular weight excluding hydrogens is 273 g/mol. The van der Waals surface area contributed by atoms with Crippen LogP contribution in [0.1, 0.15) is 12.8 Å². The Labute approximate surface area is 117 Å². The van der Waals surface area contributed by atoms with Gasteiger partial charge in [-0.15, -0.1) is 0 Å². The molecule has 3 heteroatoms. The SMILES string of the molecule is [CH2-]CC1CSC1.[CH2-]CC1CSC1.[Y]. The van der Waals surface area contributed by atoms with E-state index in [0.29, 0.717) is 0 Å². The summed E-state index contributed by atoms with van der Waals surface area (Å²) >= 11 is 4.06. The van der Waals surface area contributed by atoms with E-state index in [1.54, 1.807) is 0 Å². The van der Waals surface area contributed by atoms with Gasteiger partial charge in [0.1, 0.15) is 0 Å². The van der Waals surface area contributed by atoms with E-state index in [1.807, 2.05) is 23.5 Å². The molecule has 0 N–H and O–H groups in total. The average molecular weight is 291 g/mol. The van der Waals surface area contributed by atoms with Gasteiger partial charge in [-0.1, -0.05) is 11.8 Å². The summed E-state index contributed by atoms with van der Waals surface area (Å²) < 4.78 is 0. The van der Waals surface area contributed by atoms with Crippen LogP contribution in [0.15, 0.2) is 0 Å². The Morgan fingerprint density at radius 3 is 1.15 bits per heavy atom. The van der Waals surface area contributed by atoms with Crippen molar-refractivity contribution in [2.75, 3.05) is 23.0 Å². The van der Waals surface area contributed by atoms with Crippen molar-refractivity contribution >= 4 is 23.5 Å². The largest absolute Gasteiger partial charge is 0.343 e. The van der Waals surface area contributed by atoms with Gasteiger partial charge in [-0.05, 0) is 23.0 Å². The number of thioether (sulfide) groups is 2. The van der Waals surface area contributed by atoms with Crippen LogP contribution < -0.4 is 0 Å². The quantitative estimate of drug-likeness (QED) is 0.717. The van der Waals surface area contributed by atoms with Crippen molar-refractivity contribution in [1.29, 1.82) is 0 Å². The van der Waals surface area contributed by atoms with Crippen molar-refractivity contribution in [1.82, 2.24) is 0 Å². The minimum atomic E-state index is 0. The molecule has 0 amide bonds. The summed E-state index contributed by atoms with van der Waals surface area (Å²) in [6, 6.07) is 0. The topological polar surface area (TPSA) is 0 Å². The average Bonchev–Trinajstić information content (AvgIpc) is 1.83. The zero-order valence-corrected chi connectivity index (χ0v) is 12.7. The van der Waals surface area contributed by atoms with Crippen LogP contribution in [0.5, 0.6) is 0 Å². The summed E-state index contributed by atoms with van der Waals surface area (Å²) in [5.41, 5.74) is 0. The van der Waals surface area contributed by atoms with Crippen LogP contribution in [0.2, 0.25) is 0 Å². The van der Waals surface area contributed by atoms with Crippen LogP contribution in [0.4, 0.5) is 0 Å². The molecule has 0 aromatic heterocycles. The molecule has 2 rings (SSSR count). The fourth-order valence-electron chi connectivity index (χ4n) is 0.902. The first-order valence-electron chi connectivity index (χ1n) is 4.60.